The Morgan fingerprint density at radius 3 is 2.58 bits per heavy atom. The lowest BCUT2D eigenvalue weighted by atomic mass is 10.4. The van der Waals surface area contributed by atoms with Crippen LogP contribution >= 0.6 is 11.8 Å². The van der Waals surface area contributed by atoms with Crippen LogP contribution < -0.4 is 11.3 Å². The van der Waals surface area contributed by atoms with Crippen molar-refractivity contribution in [2.24, 2.45) is 5.84 Å². The number of nitrogens with one attached hydrogen (secondary N) is 1. The number of carbonyl (C=O) groups is 1. The summed E-state index contributed by atoms with van der Waals surface area (Å²) in [6.07, 6.45) is 0.729. The third-order valence-electron chi connectivity index (χ3n) is 2.67. The lowest BCUT2D eigenvalue weighted by Gasteiger charge is -2.18. The topological polar surface area (TPSA) is 84.1 Å². The van der Waals surface area contributed by atoms with Crippen LogP contribution in [-0.2, 0) is 11.2 Å². The molecule has 0 aliphatic rings. The van der Waals surface area contributed by atoms with Crippen LogP contribution in [-0.4, -0.2) is 39.6 Å². The molecule has 0 bridgehead atoms. The number of aryl methyl sites for hydroxylation is 1. The number of carbonyl (C=O) groups excluding carboxylic acids is 1. The third-order valence-corrected chi connectivity index (χ3v) is 3.57. The Balaban J connectivity index is 2.69. The van der Waals surface area contributed by atoms with Crippen molar-refractivity contribution < 1.29 is 4.79 Å². The molecule has 1 aromatic rings. The van der Waals surface area contributed by atoms with Crippen LogP contribution in [0.3, 0.4) is 0 Å². The summed E-state index contributed by atoms with van der Waals surface area (Å²) in [7, 11) is 0. The van der Waals surface area contributed by atoms with Gasteiger partial charge in [-0.2, -0.15) is 0 Å². The summed E-state index contributed by atoms with van der Waals surface area (Å²) in [6.45, 7) is 7.39. The first-order valence-corrected chi connectivity index (χ1v) is 7.38. The average molecular weight is 283 g/mol. The summed E-state index contributed by atoms with van der Waals surface area (Å²) < 4.78 is 0. The van der Waals surface area contributed by atoms with Crippen LogP contribution in [0.5, 0.6) is 0 Å². The Hall–Kier alpha value is -1.34. The molecule has 0 saturated carbocycles. The molecule has 6 nitrogen and oxygen atoms in total. The normalized spacial score (nSPS) is 10.3. The first-order valence-electron chi connectivity index (χ1n) is 6.39. The molecule has 0 fully saturated rings. The van der Waals surface area contributed by atoms with Crippen LogP contribution in [0.1, 0.15) is 26.6 Å². The zero-order valence-electron chi connectivity index (χ0n) is 11.6. The quantitative estimate of drug-likeness (QED) is 0.339. The third kappa shape index (κ3) is 4.68. The van der Waals surface area contributed by atoms with E-state index in [0.29, 0.717) is 17.4 Å². The van der Waals surface area contributed by atoms with Crippen molar-refractivity contribution in [3.63, 3.8) is 0 Å². The van der Waals surface area contributed by atoms with Gasteiger partial charge in [0.2, 0.25) is 5.91 Å². The minimum Gasteiger partial charge on any atom is -0.343 e. The van der Waals surface area contributed by atoms with E-state index in [1.165, 1.54) is 11.8 Å². The van der Waals surface area contributed by atoms with Crippen LogP contribution in [0, 0.1) is 0 Å². The molecule has 0 saturated heterocycles. The zero-order chi connectivity index (χ0) is 14.3. The smallest absolute Gasteiger partial charge is 0.232 e. The van der Waals surface area contributed by atoms with E-state index >= 15 is 0 Å². The highest BCUT2D eigenvalue weighted by Crippen LogP contribution is 2.19. The Kier molecular flexibility index (Phi) is 6.58. The molecule has 19 heavy (non-hydrogen) atoms. The lowest BCUT2D eigenvalue weighted by Crippen LogP contribution is -2.31. The molecule has 3 N–H and O–H groups in total. The second-order valence-corrected chi connectivity index (χ2v) is 4.86. The number of aromatic nitrogens is 2. The van der Waals surface area contributed by atoms with Gasteiger partial charge in [0, 0.05) is 25.6 Å². The number of hydrogen-bond donors (Lipinski definition) is 2. The number of hydrazine groups is 1. The minimum absolute atomic E-state index is 0.119. The van der Waals surface area contributed by atoms with Gasteiger partial charge >= 0.3 is 0 Å². The maximum absolute atomic E-state index is 11.9. The van der Waals surface area contributed by atoms with Gasteiger partial charge in [-0.25, -0.2) is 15.8 Å². The van der Waals surface area contributed by atoms with Gasteiger partial charge in [-0.05, 0) is 13.8 Å². The Labute approximate surface area is 118 Å². The van der Waals surface area contributed by atoms with Gasteiger partial charge in [0.1, 0.15) is 16.7 Å². The van der Waals surface area contributed by atoms with Crippen molar-refractivity contribution >= 4 is 23.5 Å². The Bertz CT molecular complexity index is 400. The van der Waals surface area contributed by atoms with E-state index < -0.39 is 0 Å². The summed E-state index contributed by atoms with van der Waals surface area (Å²) in [4.78, 5) is 22.3. The Morgan fingerprint density at radius 1 is 1.37 bits per heavy atom. The molecule has 0 atom stereocenters. The van der Waals surface area contributed by atoms with Gasteiger partial charge in [0.15, 0.2) is 0 Å². The molecule has 7 heteroatoms. The van der Waals surface area contributed by atoms with Gasteiger partial charge < -0.3 is 10.3 Å². The highest BCUT2D eigenvalue weighted by Gasteiger charge is 2.11. The lowest BCUT2D eigenvalue weighted by molar-refractivity contribution is -0.127. The molecule has 1 aromatic heterocycles. The molecule has 1 amide bonds. The van der Waals surface area contributed by atoms with Crippen molar-refractivity contribution in [2.45, 2.75) is 32.2 Å². The monoisotopic (exact) mass is 283 g/mol. The number of nitrogen functional groups attached to an aromatic ring is 1. The predicted octanol–water partition coefficient (Wildman–Crippen LogP) is 1.29. The fourth-order valence-electron chi connectivity index (χ4n) is 1.58. The van der Waals surface area contributed by atoms with Crippen molar-refractivity contribution in [1.29, 1.82) is 0 Å². The molecule has 0 aliphatic carbocycles. The first-order chi connectivity index (χ1) is 9.14. The van der Waals surface area contributed by atoms with Crippen LogP contribution in [0.2, 0.25) is 0 Å². The van der Waals surface area contributed by atoms with Crippen molar-refractivity contribution in [2.75, 3.05) is 24.3 Å². The molecule has 0 aliphatic heterocycles. The predicted molar refractivity (Wildman–Crippen MR) is 77.9 cm³/mol. The van der Waals surface area contributed by atoms with Crippen molar-refractivity contribution in [3.05, 3.63) is 11.9 Å². The minimum atomic E-state index is 0.119. The number of nitrogens with two attached hydrogens (primary N) is 1. The largest absolute Gasteiger partial charge is 0.343 e. The molecular formula is C12H21N5OS. The van der Waals surface area contributed by atoms with Gasteiger partial charge in [0.25, 0.3) is 0 Å². The van der Waals surface area contributed by atoms with E-state index in [2.05, 4.69) is 15.4 Å². The first kappa shape index (κ1) is 15.7. The molecular weight excluding hydrogens is 262 g/mol. The number of nitrogens with zero attached hydrogens (tertiary/aromatic N) is 3. The van der Waals surface area contributed by atoms with Crippen LogP contribution in [0.4, 0.5) is 5.82 Å². The van der Waals surface area contributed by atoms with Crippen LogP contribution in [0.25, 0.3) is 0 Å². The standard InChI is InChI=1S/C12H21N5OS/c1-4-9-14-10(16-13)7-11(15-9)19-8-12(18)17(5-2)6-3/h7H,4-6,8,13H2,1-3H3,(H,14,15,16). The van der Waals surface area contributed by atoms with Crippen molar-refractivity contribution in [3.8, 4) is 0 Å². The second-order valence-electron chi connectivity index (χ2n) is 3.86. The number of thioether (sulfide) groups is 1. The van der Waals surface area contributed by atoms with E-state index in [4.69, 9.17) is 5.84 Å². The highest BCUT2D eigenvalue weighted by atomic mass is 32.2. The fourth-order valence-corrected chi connectivity index (χ4v) is 2.40. The summed E-state index contributed by atoms with van der Waals surface area (Å²) >= 11 is 1.41. The zero-order valence-corrected chi connectivity index (χ0v) is 12.5. The second kappa shape index (κ2) is 7.96. The molecule has 1 heterocycles. The molecule has 0 aromatic carbocycles. The summed E-state index contributed by atoms with van der Waals surface area (Å²) in [5.74, 6) is 7.15. The highest BCUT2D eigenvalue weighted by molar-refractivity contribution is 7.99. The maximum atomic E-state index is 11.9. The molecule has 106 valence electrons. The number of anilines is 1. The number of amides is 1. The van der Waals surface area contributed by atoms with Gasteiger partial charge in [0.05, 0.1) is 5.75 Å². The molecule has 1 rings (SSSR count). The summed E-state index contributed by atoms with van der Waals surface area (Å²) in [5, 5.41) is 0.764. The van der Waals surface area contributed by atoms with Gasteiger partial charge in [-0.3, -0.25) is 4.79 Å². The number of rotatable bonds is 7. The average Bonchev–Trinajstić information content (AvgIpc) is 2.45. The molecule has 0 radical (unpaired) electrons. The Morgan fingerprint density at radius 2 is 2.05 bits per heavy atom. The SMILES string of the molecule is CCc1nc(NN)cc(SCC(=O)N(CC)CC)n1. The van der Waals surface area contributed by atoms with E-state index in [1.807, 2.05) is 20.8 Å². The van der Waals surface area contributed by atoms with Crippen LogP contribution in [0.15, 0.2) is 11.1 Å². The van der Waals surface area contributed by atoms with Crippen molar-refractivity contribution in [1.82, 2.24) is 14.9 Å². The fraction of sp³-hybridized carbons (Fsp3) is 0.583. The van der Waals surface area contributed by atoms with E-state index in [-0.39, 0.29) is 5.91 Å². The van der Waals surface area contributed by atoms with E-state index in [0.717, 1.165) is 24.5 Å². The maximum Gasteiger partial charge on any atom is 0.232 e. The van der Waals surface area contributed by atoms with E-state index in [9.17, 15) is 4.79 Å². The van der Waals surface area contributed by atoms with Gasteiger partial charge in [-0.1, -0.05) is 18.7 Å². The molecule has 0 spiro atoms. The molecule has 0 unspecified atom stereocenters. The summed E-state index contributed by atoms with van der Waals surface area (Å²) in [6, 6.07) is 1.75. The summed E-state index contributed by atoms with van der Waals surface area (Å²) in [5.41, 5.74) is 2.52. The van der Waals surface area contributed by atoms with Gasteiger partial charge in [-0.15, -0.1) is 0 Å². The number of hydrogen-bond acceptors (Lipinski definition) is 6. The van der Waals surface area contributed by atoms with E-state index in [1.54, 1.807) is 11.0 Å².